The Hall–Kier alpha value is 0. The predicted octanol–water partition coefficient (Wildman–Crippen LogP) is 12.5. The van der Waals surface area contributed by atoms with Gasteiger partial charge in [-0.3, -0.25) is 0 Å². The fourth-order valence-electron chi connectivity index (χ4n) is 17.9. The van der Waals surface area contributed by atoms with Crippen molar-refractivity contribution in [2.45, 2.75) is 176 Å². The van der Waals surface area contributed by atoms with Gasteiger partial charge in [0.25, 0.3) is 0 Å². The second-order valence-corrected chi connectivity index (χ2v) is 19.7. The van der Waals surface area contributed by atoms with Crippen LogP contribution in [-0.2, 0) is 0 Å². The molecule has 0 aromatic heterocycles. The van der Waals surface area contributed by atoms with E-state index in [1.54, 1.807) is 122 Å². The van der Waals surface area contributed by atoms with Crippen molar-refractivity contribution in [3.8, 4) is 0 Å². The van der Waals surface area contributed by atoms with Gasteiger partial charge in [-0.15, -0.1) is 0 Å². The van der Waals surface area contributed by atoms with E-state index in [0.717, 1.165) is 59.2 Å². The van der Waals surface area contributed by atoms with Crippen molar-refractivity contribution in [2.75, 3.05) is 0 Å². The molecular formula is C42H70. The highest BCUT2D eigenvalue weighted by Crippen LogP contribution is 2.78. The van der Waals surface area contributed by atoms with Crippen LogP contribution in [0.15, 0.2) is 0 Å². The van der Waals surface area contributed by atoms with E-state index >= 15 is 0 Å². The van der Waals surface area contributed by atoms with E-state index in [1.807, 2.05) is 0 Å². The van der Waals surface area contributed by atoms with Gasteiger partial charge in [0.2, 0.25) is 0 Å². The summed E-state index contributed by atoms with van der Waals surface area (Å²) < 4.78 is 0. The molecule has 0 aromatic carbocycles. The fourth-order valence-corrected chi connectivity index (χ4v) is 17.9. The van der Waals surface area contributed by atoms with E-state index < -0.39 is 0 Å². The van der Waals surface area contributed by atoms with Crippen LogP contribution < -0.4 is 0 Å². The quantitative estimate of drug-likeness (QED) is 0.314. The first kappa shape index (κ1) is 29.4. The SMILES string of the molecule is CC[C@H]1CC[C@H]2[C@@H]3CCC4CCCC(C56CCCC[C@]5(C)[C@H]5CC[C@]7(C)[C@@H](CC)CC[C@H]7[C@@H]5CC6)[C@]4(C)[C@H]3CC[C@]12C. The topological polar surface area (TPSA) is 0 Å². The first-order valence-corrected chi connectivity index (χ1v) is 20.2. The van der Waals surface area contributed by atoms with Crippen LogP contribution in [0.2, 0.25) is 0 Å². The first-order chi connectivity index (χ1) is 20.2. The maximum atomic E-state index is 2.99. The normalized spacial score (nSPS) is 60.4. The van der Waals surface area contributed by atoms with Crippen LogP contribution in [-0.4, -0.2) is 0 Å². The van der Waals surface area contributed by atoms with Crippen molar-refractivity contribution in [3.05, 3.63) is 0 Å². The Labute approximate surface area is 262 Å². The molecule has 8 aliphatic carbocycles. The molecule has 0 heterocycles. The van der Waals surface area contributed by atoms with Gasteiger partial charge in [0.05, 0.1) is 0 Å². The molecule has 8 fully saturated rings. The molecule has 0 amide bonds. The molecule has 238 valence electrons. The van der Waals surface area contributed by atoms with Crippen molar-refractivity contribution < 1.29 is 0 Å². The Kier molecular flexibility index (Phi) is 7.00. The molecule has 0 saturated heterocycles. The highest BCUT2D eigenvalue weighted by atomic mass is 14.7. The van der Waals surface area contributed by atoms with E-state index in [0.29, 0.717) is 27.1 Å². The molecule has 0 spiro atoms. The van der Waals surface area contributed by atoms with Gasteiger partial charge in [-0.1, -0.05) is 73.6 Å². The third-order valence-electron chi connectivity index (χ3n) is 19.7. The highest BCUT2D eigenvalue weighted by Gasteiger charge is 2.70. The maximum Gasteiger partial charge on any atom is -0.0207 e. The minimum absolute atomic E-state index is 0.617. The summed E-state index contributed by atoms with van der Waals surface area (Å²) in [4.78, 5) is 0. The lowest BCUT2D eigenvalue weighted by Gasteiger charge is -2.73. The summed E-state index contributed by atoms with van der Waals surface area (Å²) in [6, 6.07) is 0. The van der Waals surface area contributed by atoms with Crippen LogP contribution in [0.5, 0.6) is 0 Å². The minimum atomic E-state index is 0.617. The average molecular weight is 575 g/mol. The third kappa shape index (κ3) is 3.55. The highest BCUT2D eigenvalue weighted by molar-refractivity contribution is 5.19. The Bertz CT molecular complexity index is 1030. The van der Waals surface area contributed by atoms with E-state index in [1.165, 1.54) is 12.8 Å². The summed E-state index contributed by atoms with van der Waals surface area (Å²) in [5.41, 5.74) is 3.24. The van der Waals surface area contributed by atoms with Gasteiger partial charge in [-0.2, -0.15) is 0 Å². The molecule has 0 aromatic rings. The van der Waals surface area contributed by atoms with Crippen molar-refractivity contribution in [3.63, 3.8) is 0 Å². The fraction of sp³-hybridized carbons (Fsp3) is 1.00. The molecule has 0 heteroatoms. The molecule has 8 rings (SSSR count). The average Bonchev–Trinajstić information content (AvgIpc) is 3.52. The van der Waals surface area contributed by atoms with Gasteiger partial charge in [-0.25, -0.2) is 0 Å². The number of fused-ring (bicyclic) bond motifs is 10. The van der Waals surface area contributed by atoms with Gasteiger partial charge in [0.15, 0.2) is 0 Å². The van der Waals surface area contributed by atoms with Crippen molar-refractivity contribution >= 4 is 0 Å². The minimum Gasteiger partial charge on any atom is -0.0651 e. The largest absolute Gasteiger partial charge is 0.0651 e. The van der Waals surface area contributed by atoms with E-state index in [2.05, 4.69) is 41.5 Å². The molecule has 0 N–H and O–H groups in total. The molecular weight excluding hydrogens is 504 g/mol. The summed E-state index contributed by atoms with van der Waals surface area (Å²) in [7, 11) is 0. The van der Waals surface area contributed by atoms with Crippen LogP contribution in [0.3, 0.4) is 0 Å². The number of hydrogen-bond donors (Lipinski definition) is 0. The van der Waals surface area contributed by atoms with Gasteiger partial charge in [-0.05, 0) is 189 Å². The lowest BCUT2D eigenvalue weighted by molar-refractivity contribution is -0.241. The van der Waals surface area contributed by atoms with Crippen LogP contribution >= 0.6 is 0 Å². The van der Waals surface area contributed by atoms with Crippen molar-refractivity contribution in [1.29, 1.82) is 0 Å². The first-order valence-electron chi connectivity index (χ1n) is 20.2. The van der Waals surface area contributed by atoms with Crippen molar-refractivity contribution in [1.82, 2.24) is 0 Å². The number of hydrogen-bond acceptors (Lipinski definition) is 0. The summed E-state index contributed by atoms with van der Waals surface area (Å²) >= 11 is 0. The monoisotopic (exact) mass is 575 g/mol. The third-order valence-corrected chi connectivity index (χ3v) is 19.7. The van der Waals surface area contributed by atoms with Crippen LogP contribution in [0.1, 0.15) is 176 Å². The maximum absolute atomic E-state index is 2.99. The Morgan fingerprint density at radius 3 is 1.76 bits per heavy atom. The zero-order valence-electron chi connectivity index (χ0n) is 29.1. The van der Waals surface area contributed by atoms with Crippen molar-refractivity contribution in [2.24, 2.45) is 86.3 Å². The predicted molar refractivity (Wildman–Crippen MR) is 178 cm³/mol. The van der Waals surface area contributed by atoms with Gasteiger partial charge < -0.3 is 0 Å². The lowest BCUT2D eigenvalue weighted by Crippen LogP contribution is -2.65. The Morgan fingerprint density at radius 2 is 1.10 bits per heavy atom. The summed E-state index contributed by atoms with van der Waals surface area (Å²) in [5.74, 6) is 10.4. The molecule has 3 unspecified atom stereocenters. The van der Waals surface area contributed by atoms with E-state index in [9.17, 15) is 0 Å². The van der Waals surface area contributed by atoms with Gasteiger partial charge in [0, 0.05) is 0 Å². The smallest absolute Gasteiger partial charge is 0.0207 e. The Balaban J connectivity index is 1.16. The summed E-state index contributed by atoms with van der Waals surface area (Å²) in [5, 5.41) is 0. The van der Waals surface area contributed by atoms with E-state index in [4.69, 9.17) is 0 Å². The standard InChI is InChI=1S/C42H70/c1-7-28-16-19-34-32-20-27-42(24-10-9-23-40(42,5)35(32)21-25-38(28,34)3)37-13-11-12-30-14-17-31-33-18-15-29(8-2)39(33,4)26-22-36(31)41(30,37)6/h28-37H,7-27H2,1-6H3/t28-,29-,30?,31-,32-,33-,34-,35-,36-,37?,38+,39+,40+,41-,42?/m0/s1. The van der Waals surface area contributed by atoms with Crippen LogP contribution in [0, 0.1) is 86.3 Å². The van der Waals surface area contributed by atoms with Gasteiger partial charge >= 0.3 is 0 Å². The molecule has 8 saturated carbocycles. The zero-order valence-corrected chi connectivity index (χ0v) is 29.1. The molecule has 8 aliphatic rings. The molecule has 15 atom stereocenters. The second kappa shape index (κ2) is 10.00. The molecule has 0 aliphatic heterocycles. The van der Waals surface area contributed by atoms with E-state index in [-0.39, 0.29) is 0 Å². The molecule has 0 radical (unpaired) electrons. The zero-order chi connectivity index (χ0) is 29.1. The van der Waals surface area contributed by atoms with Crippen LogP contribution in [0.4, 0.5) is 0 Å². The molecule has 0 nitrogen and oxygen atoms in total. The van der Waals surface area contributed by atoms with Crippen LogP contribution in [0.25, 0.3) is 0 Å². The summed E-state index contributed by atoms with van der Waals surface area (Å²) in [6.07, 6.45) is 32.9. The molecule has 0 bridgehead atoms. The molecule has 42 heavy (non-hydrogen) atoms. The lowest BCUT2D eigenvalue weighted by atomic mass is 9.32. The number of rotatable bonds is 3. The Morgan fingerprint density at radius 1 is 0.476 bits per heavy atom. The van der Waals surface area contributed by atoms with Gasteiger partial charge in [0.1, 0.15) is 0 Å². The second-order valence-electron chi connectivity index (χ2n) is 19.7. The summed E-state index contributed by atoms with van der Waals surface area (Å²) in [6.45, 7) is 16.5.